The second kappa shape index (κ2) is 17.7. The standard InChI is InChI=1S/C38H49NO7/c1-44-34-22-18-30(19-23-34)38(29-14-10-9-11-15-29,31-20-24-35(45-2)25-21-31)46-28-32-26-33(40)27-39(32)36(41)16-12-7-5-3-4-6-8-13-17-37(42)43/h9-11,14-15,18-25,32-33,40H,3-8,12-13,16-17,26-28H2,1-2H3,(H,42,43)/t32-,33+/m0/s1. The van der Waals surface area contributed by atoms with E-state index in [2.05, 4.69) is 12.1 Å². The van der Waals surface area contributed by atoms with Crippen LogP contribution in [0.15, 0.2) is 78.9 Å². The number of nitrogens with zero attached hydrogens (tertiary/aromatic N) is 1. The van der Waals surface area contributed by atoms with Gasteiger partial charge in [0.25, 0.3) is 0 Å². The molecule has 1 heterocycles. The van der Waals surface area contributed by atoms with Crippen molar-refractivity contribution in [1.29, 1.82) is 0 Å². The molecule has 0 aliphatic carbocycles. The van der Waals surface area contributed by atoms with E-state index in [0.717, 1.165) is 79.6 Å². The number of aliphatic hydroxyl groups is 1. The Bertz CT molecular complexity index is 1300. The first-order chi connectivity index (χ1) is 22.4. The molecule has 1 fully saturated rings. The fourth-order valence-electron chi connectivity index (χ4n) is 6.41. The highest BCUT2D eigenvalue weighted by Gasteiger charge is 2.41. The van der Waals surface area contributed by atoms with Crippen molar-refractivity contribution in [3.8, 4) is 11.5 Å². The van der Waals surface area contributed by atoms with Crippen LogP contribution in [0.3, 0.4) is 0 Å². The van der Waals surface area contributed by atoms with Crippen LogP contribution in [-0.4, -0.2) is 66.5 Å². The normalized spacial score (nSPS) is 16.4. The summed E-state index contributed by atoms with van der Waals surface area (Å²) >= 11 is 0. The number of methoxy groups -OCH3 is 2. The number of rotatable bonds is 19. The van der Waals surface area contributed by atoms with E-state index in [9.17, 15) is 14.7 Å². The molecule has 3 aromatic carbocycles. The fraction of sp³-hybridized carbons (Fsp3) is 0.474. The minimum absolute atomic E-state index is 0.0537. The van der Waals surface area contributed by atoms with E-state index in [1.165, 1.54) is 0 Å². The Kier molecular flexibility index (Phi) is 13.5. The van der Waals surface area contributed by atoms with E-state index in [1.54, 1.807) is 14.2 Å². The molecular formula is C38H49NO7. The van der Waals surface area contributed by atoms with E-state index >= 15 is 0 Å². The van der Waals surface area contributed by atoms with Gasteiger partial charge in [0, 0.05) is 19.4 Å². The van der Waals surface area contributed by atoms with Crippen LogP contribution in [-0.2, 0) is 19.9 Å². The predicted octanol–water partition coefficient (Wildman–Crippen LogP) is 6.96. The molecule has 248 valence electrons. The third-order valence-corrected chi connectivity index (χ3v) is 8.91. The summed E-state index contributed by atoms with van der Waals surface area (Å²) in [5.41, 5.74) is 1.80. The summed E-state index contributed by atoms with van der Waals surface area (Å²) in [5, 5.41) is 19.4. The van der Waals surface area contributed by atoms with E-state index in [0.29, 0.717) is 19.4 Å². The first-order valence-electron chi connectivity index (χ1n) is 16.5. The molecule has 46 heavy (non-hydrogen) atoms. The van der Waals surface area contributed by atoms with Crippen LogP contribution in [0, 0.1) is 0 Å². The molecule has 3 aromatic rings. The summed E-state index contributed by atoms with van der Waals surface area (Å²) in [7, 11) is 3.29. The van der Waals surface area contributed by atoms with Crippen molar-refractivity contribution < 1.29 is 34.0 Å². The molecule has 1 amide bonds. The average molecular weight is 632 g/mol. The van der Waals surface area contributed by atoms with Crippen molar-refractivity contribution >= 4 is 11.9 Å². The molecule has 2 N–H and O–H groups in total. The van der Waals surface area contributed by atoms with Crippen molar-refractivity contribution in [3.63, 3.8) is 0 Å². The van der Waals surface area contributed by atoms with Crippen LogP contribution >= 0.6 is 0 Å². The first-order valence-corrected chi connectivity index (χ1v) is 16.5. The van der Waals surface area contributed by atoms with Gasteiger partial charge in [0.05, 0.1) is 33.0 Å². The van der Waals surface area contributed by atoms with Crippen LogP contribution in [0.1, 0.15) is 87.3 Å². The highest BCUT2D eigenvalue weighted by atomic mass is 16.5. The topological polar surface area (TPSA) is 106 Å². The monoisotopic (exact) mass is 631 g/mol. The molecule has 2 atom stereocenters. The highest BCUT2D eigenvalue weighted by molar-refractivity contribution is 5.77. The molecule has 8 nitrogen and oxygen atoms in total. The van der Waals surface area contributed by atoms with Crippen LogP contribution in [0.2, 0.25) is 0 Å². The van der Waals surface area contributed by atoms with Gasteiger partial charge < -0.3 is 29.3 Å². The zero-order valence-corrected chi connectivity index (χ0v) is 27.2. The van der Waals surface area contributed by atoms with Crippen LogP contribution in [0.25, 0.3) is 0 Å². The van der Waals surface area contributed by atoms with Crippen molar-refractivity contribution in [2.45, 2.75) is 88.4 Å². The SMILES string of the molecule is COc1ccc(C(OC[C@@H]2C[C@@H](O)CN2C(=O)CCCCCCCCCCC(=O)O)(c2ccccc2)c2ccc(OC)cc2)cc1. The van der Waals surface area contributed by atoms with Gasteiger partial charge in [-0.3, -0.25) is 9.59 Å². The number of unbranched alkanes of at least 4 members (excludes halogenated alkanes) is 7. The molecule has 0 aromatic heterocycles. The number of benzene rings is 3. The first kappa shape index (κ1) is 35.0. The second-order valence-corrected chi connectivity index (χ2v) is 12.1. The Hall–Kier alpha value is -3.88. The van der Waals surface area contributed by atoms with E-state index in [-0.39, 0.29) is 25.0 Å². The maximum atomic E-state index is 13.4. The molecule has 8 heteroatoms. The van der Waals surface area contributed by atoms with Crippen LogP contribution < -0.4 is 9.47 Å². The number of hydrogen-bond donors (Lipinski definition) is 2. The van der Waals surface area contributed by atoms with Gasteiger partial charge in [-0.1, -0.05) is 93.1 Å². The number of amides is 1. The number of aliphatic carboxylic acids is 1. The number of aliphatic hydroxyl groups excluding tert-OH is 1. The van der Waals surface area contributed by atoms with Gasteiger partial charge in [-0.15, -0.1) is 0 Å². The number of likely N-dealkylation sites (tertiary alicyclic amines) is 1. The quantitative estimate of drug-likeness (QED) is 0.109. The lowest BCUT2D eigenvalue weighted by atomic mass is 9.80. The molecular weight excluding hydrogens is 582 g/mol. The van der Waals surface area contributed by atoms with Crippen LogP contribution in [0.4, 0.5) is 0 Å². The van der Waals surface area contributed by atoms with Crippen molar-refractivity contribution in [2.75, 3.05) is 27.4 Å². The number of carboxylic acids is 1. The maximum Gasteiger partial charge on any atom is 0.303 e. The lowest BCUT2D eigenvalue weighted by molar-refractivity contribution is -0.137. The zero-order chi connectivity index (χ0) is 32.8. The number of carbonyl (C=O) groups excluding carboxylic acids is 1. The maximum absolute atomic E-state index is 13.4. The zero-order valence-electron chi connectivity index (χ0n) is 27.2. The van der Waals surface area contributed by atoms with Gasteiger partial charge in [0.15, 0.2) is 0 Å². The van der Waals surface area contributed by atoms with Gasteiger partial charge in [0.1, 0.15) is 17.1 Å². The Morgan fingerprint density at radius 3 is 1.70 bits per heavy atom. The Morgan fingerprint density at radius 2 is 1.20 bits per heavy atom. The number of carboxylic acid groups (broad SMARTS) is 1. The highest BCUT2D eigenvalue weighted by Crippen LogP contribution is 2.42. The number of ether oxygens (including phenoxy) is 3. The molecule has 0 unspecified atom stereocenters. The lowest BCUT2D eigenvalue weighted by Gasteiger charge is -2.38. The number of carbonyl (C=O) groups is 2. The van der Waals surface area contributed by atoms with Crippen LogP contribution in [0.5, 0.6) is 11.5 Å². The van der Waals surface area contributed by atoms with Crippen molar-refractivity contribution in [1.82, 2.24) is 4.90 Å². The van der Waals surface area contributed by atoms with Gasteiger partial charge in [0.2, 0.25) is 5.91 Å². The number of β-amino-alcohol motifs (C(OH)–C–C–N with tert-alkyl or cyclic N) is 1. The Balaban J connectivity index is 1.45. The second-order valence-electron chi connectivity index (χ2n) is 12.1. The van der Waals surface area contributed by atoms with E-state index < -0.39 is 17.7 Å². The molecule has 1 aliphatic rings. The van der Waals surface area contributed by atoms with Gasteiger partial charge in [-0.2, -0.15) is 0 Å². The summed E-state index contributed by atoms with van der Waals surface area (Å²) in [6, 6.07) is 25.6. The predicted molar refractivity (Wildman–Crippen MR) is 178 cm³/mol. The summed E-state index contributed by atoms with van der Waals surface area (Å²) in [5.74, 6) is 0.811. The average Bonchev–Trinajstić information content (AvgIpc) is 3.47. The fourth-order valence-corrected chi connectivity index (χ4v) is 6.41. The van der Waals surface area contributed by atoms with Gasteiger partial charge >= 0.3 is 5.97 Å². The molecule has 0 bridgehead atoms. The van der Waals surface area contributed by atoms with E-state index in [1.807, 2.05) is 71.6 Å². The summed E-state index contributed by atoms with van der Waals surface area (Å²) in [6.45, 7) is 0.560. The van der Waals surface area contributed by atoms with Crippen molar-refractivity contribution in [3.05, 3.63) is 95.6 Å². The third-order valence-electron chi connectivity index (χ3n) is 8.91. The summed E-state index contributed by atoms with van der Waals surface area (Å²) in [4.78, 5) is 25.9. The van der Waals surface area contributed by atoms with Gasteiger partial charge in [-0.05, 0) is 60.2 Å². The summed E-state index contributed by atoms with van der Waals surface area (Å²) < 4.78 is 17.9. The molecule has 1 saturated heterocycles. The smallest absolute Gasteiger partial charge is 0.303 e. The lowest BCUT2D eigenvalue weighted by Crippen LogP contribution is -2.42. The Labute approximate surface area is 273 Å². The molecule has 0 saturated carbocycles. The minimum Gasteiger partial charge on any atom is -0.497 e. The molecule has 1 aliphatic heterocycles. The summed E-state index contributed by atoms with van der Waals surface area (Å²) in [6.07, 6.45) is 8.34. The van der Waals surface area contributed by atoms with Crippen molar-refractivity contribution in [2.24, 2.45) is 0 Å². The third kappa shape index (κ3) is 9.33. The molecule has 0 radical (unpaired) electrons. The van der Waals surface area contributed by atoms with E-state index in [4.69, 9.17) is 19.3 Å². The number of hydrogen-bond acceptors (Lipinski definition) is 6. The minimum atomic E-state index is -0.990. The van der Waals surface area contributed by atoms with Gasteiger partial charge in [-0.25, -0.2) is 0 Å². The molecule has 0 spiro atoms. The Morgan fingerprint density at radius 1 is 0.717 bits per heavy atom. The molecule has 4 rings (SSSR count). The largest absolute Gasteiger partial charge is 0.497 e.